The van der Waals surface area contributed by atoms with Crippen LogP contribution in [-0.4, -0.2) is 65.5 Å². The quantitative estimate of drug-likeness (QED) is 0.683. The van der Waals surface area contributed by atoms with E-state index in [1.807, 2.05) is 31.2 Å². The average Bonchev–Trinajstić information content (AvgIpc) is 3.61. The van der Waals surface area contributed by atoms with Gasteiger partial charge in [0.25, 0.3) is 5.91 Å². The van der Waals surface area contributed by atoms with Crippen LogP contribution in [0, 0.1) is 5.92 Å². The van der Waals surface area contributed by atoms with Crippen molar-refractivity contribution < 1.29 is 24.3 Å². The highest BCUT2D eigenvalue weighted by atomic mass is 16.4. The summed E-state index contributed by atoms with van der Waals surface area (Å²) in [6, 6.07) is 12.5. The van der Waals surface area contributed by atoms with Gasteiger partial charge in [-0.1, -0.05) is 18.2 Å². The van der Waals surface area contributed by atoms with E-state index in [1.165, 1.54) is 11.8 Å². The summed E-state index contributed by atoms with van der Waals surface area (Å²) in [5.74, 6) is -0.0858. The van der Waals surface area contributed by atoms with Gasteiger partial charge in [-0.25, -0.2) is 4.79 Å². The van der Waals surface area contributed by atoms with Crippen LogP contribution in [0.15, 0.2) is 42.5 Å². The number of hydrogen-bond acceptors (Lipinski definition) is 4. The van der Waals surface area contributed by atoms with Crippen LogP contribution < -0.4 is 15.1 Å². The Morgan fingerprint density at radius 1 is 0.917 bits per heavy atom. The average molecular weight is 491 g/mol. The van der Waals surface area contributed by atoms with Crippen molar-refractivity contribution in [1.29, 1.82) is 0 Å². The van der Waals surface area contributed by atoms with Crippen LogP contribution in [0.5, 0.6) is 0 Å². The first kappa shape index (κ1) is 23.8. The fraction of sp³-hybridized carbons (Fsp3) is 0.407. The first-order chi connectivity index (χ1) is 17.2. The molecule has 36 heavy (non-hydrogen) atoms. The maximum atomic E-state index is 13.0. The molecule has 5 rings (SSSR count). The number of anilines is 2. The zero-order valence-corrected chi connectivity index (χ0v) is 20.4. The maximum Gasteiger partial charge on any atom is 0.411 e. The predicted molar refractivity (Wildman–Crippen MR) is 135 cm³/mol. The molecule has 2 N–H and O–H groups in total. The smallest absolute Gasteiger partial charge is 0.411 e. The van der Waals surface area contributed by atoms with E-state index in [-0.39, 0.29) is 42.3 Å². The lowest BCUT2D eigenvalue weighted by molar-refractivity contribution is -0.120. The third kappa shape index (κ3) is 4.53. The second kappa shape index (κ2) is 9.29. The summed E-state index contributed by atoms with van der Waals surface area (Å²) >= 11 is 0. The van der Waals surface area contributed by atoms with Gasteiger partial charge in [-0.05, 0) is 61.6 Å². The topological polar surface area (TPSA) is 110 Å². The molecule has 0 spiro atoms. The zero-order valence-electron chi connectivity index (χ0n) is 20.4. The van der Waals surface area contributed by atoms with Crippen LogP contribution in [-0.2, 0) is 9.59 Å². The molecule has 0 aromatic heterocycles. The summed E-state index contributed by atoms with van der Waals surface area (Å²) in [6.45, 7) is 4.65. The molecule has 2 aliphatic heterocycles. The number of amides is 4. The molecule has 3 aliphatic rings. The molecule has 1 saturated heterocycles. The van der Waals surface area contributed by atoms with Gasteiger partial charge in [0.1, 0.15) is 0 Å². The van der Waals surface area contributed by atoms with E-state index in [2.05, 4.69) is 5.32 Å². The second-order valence-corrected chi connectivity index (χ2v) is 9.94. The third-order valence-electron chi connectivity index (χ3n) is 7.16. The molecular formula is C27H30N4O5. The molecule has 0 radical (unpaired) electrons. The molecule has 0 bridgehead atoms. The number of carboxylic acid groups (broad SMARTS) is 1. The molecule has 2 heterocycles. The van der Waals surface area contributed by atoms with Crippen molar-refractivity contribution in [3.8, 4) is 11.1 Å². The minimum Gasteiger partial charge on any atom is -0.465 e. The van der Waals surface area contributed by atoms with Gasteiger partial charge in [-0.2, -0.15) is 0 Å². The predicted octanol–water partition coefficient (Wildman–Crippen LogP) is 3.33. The van der Waals surface area contributed by atoms with Crippen molar-refractivity contribution in [3.63, 3.8) is 0 Å². The van der Waals surface area contributed by atoms with Crippen LogP contribution in [0.4, 0.5) is 16.2 Å². The number of benzene rings is 2. The lowest BCUT2D eigenvalue weighted by atomic mass is 9.99. The normalized spacial score (nSPS) is 21.2. The third-order valence-corrected chi connectivity index (χ3v) is 7.16. The number of nitrogens with one attached hydrogen (secondary N) is 1. The van der Waals surface area contributed by atoms with E-state index in [9.17, 15) is 24.3 Å². The van der Waals surface area contributed by atoms with E-state index in [0.717, 1.165) is 30.4 Å². The SMILES string of the molecule is CC(=O)N[C@H]1CCN(C(=O)c2ccc(-c3ccc4c(c3)N(C(=O)O)C[C@H](C)N4C(=O)C3CC3)cc2)C1. The van der Waals surface area contributed by atoms with Crippen molar-refractivity contribution in [1.82, 2.24) is 10.2 Å². The summed E-state index contributed by atoms with van der Waals surface area (Å²) in [5.41, 5.74) is 3.32. The van der Waals surface area contributed by atoms with Gasteiger partial charge in [-0.3, -0.25) is 19.3 Å². The summed E-state index contributed by atoms with van der Waals surface area (Å²) in [5, 5.41) is 12.7. The van der Waals surface area contributed by atoms with Gasteiger partial charge in [-0.15, -0.1) is 0 Å². The molecule has 9 nitrogen and oxygen atoms in total. The van der Waals surface area contributed by atoms with Crippen molar-refractivity contribution in [3.05, 3.63) is 48.0 Å². The minimum absolute atomic E-state index is 0.0209. The number of likely N-dealkylation sites (tertiary alicyclic amines) is 1. The van der Waals surface area contributed by atoms with Gasteiger partial charge in [0.15, 0.2) is 0 Å². The van der Waals surface area contributed by atoms with E-state index >= 15 is 0 Å². The van der Waals surface area contributed by atoms with E-state index in [0.29, 0.717) is 30.0 Å². The van der Waals surface area contributed by atoms with Crippen molar-refractivity contribution in [2.75, 3.05) is 29.4 Å². The molecule has 1 aliphatic carbocycles. The molecule has 4 amide bonds. The van der Waals surface area contributed by atoms with Crippen molar-refractivity contribution >= 4 is 35.2 Å². The Morgan fingerprint density at radius 3 is 2.25 bits per heavy atom. The summed E-state index contributed by atoms with van der Waals surface area (Å²) in [7, 11) is 0. The van der Waals surface area contributed by atoms with Gasteiger partial charge < -0.3 is 20.2 Å². The Morgan fingerprint density at radius 2 is 1.61 bits per heavy atom. The molecule has 188 valence electrons. The van der Waals surface area contributed by atoms with Gasteiger partial charge in [0.05, 0.1) is 17.4 Å². The largest absolute Gasteiger partial charge is 0.465 e. The Hall–Kier alpha value is -3.88. The highest BCUT2D eigenvalue weighted by Crippen LogP contribution is 2.42. The van der Waals surface area contributed by atoms with Crippen LogP contribution in [0.25, 0.3) is 11.1 Å². The molecule has 2 aromatic rings. The molecule has 2 aromatic carbocycles. The lowest BCUT2D eigenvalue weighted by Gasteiger charge is -2.40. The summed E-state index contributed by atoms with van der Waals surface area (Å²) in [6.07, 6.45) is 1.45. The minimum atomic E-state index is -1.05. The fourth-order valence-corrected chi connectivity index (χ4v) is 5.19. The molecule has 2 fully saturated rings. The van der Waals surface area contributed by atoms with Gasteiger partial charge in [0, 0.05) is 44.1 Å². The molecule has 0 unspecified atom stereocenters. The van der Waals surface area contributed by atoms with E-state index in [1.54, 1.807) is 28.0 Å². The summed E-state index contributed by atoms with van der Waals surface area (Å²) in [4.78, 5) is 54.0. The number of carbonyl (C=O) groups is 4. The molecular weight excluding hydrogens is 460 g/mol. The van der Waals surface area contributed by atoms with E-state index in [4.69, 9.17) is 0 Å². The lowest BCUT2D eigenvalue weighted by Crippen LogP contribution is -2.52. The Balaban J connectivity index is 1.38. The molecule has 1 saturated carbocycles. The van der Waals surface area contributed by atoms with Crippen LogP contribution in [0.1, 0.15) is 43.5 Å². The Labute approximate surface area is 209 Å². The first-order valence-electron chi connectivity index (χ1n) is 12.4. The number of hydrogen-bond donors (Lipinski definition) is 2. The number of carbonyl (C=O) groups excluding carboxylic acids is 3. The number of rotatable bonds is 4. The monoisotopic (exact) mass is 490 g/mol. The molecule has 2 atom stereocenters. The number of nitrogens with zero attached hydrogens (tertiary/aromatic N) is 3. The Bertz CT molecular complexity index is 1220. The second-order valence-electron chi connectivity index (χ2n) is 9.94. The highest BCUT2D eigenvalue weighted by Gasteiger charge is 2.41. The van der Waals surface area contributed by atoms with E-state index < -0.39 is 6.09 Å². The van der Waals surface area contributed by atoms with Gasteiger partial charge >= 0.3 is 6.09 Å². The standard InChI is InChI=1S/C27H30N4O5/c1-16-14-30(27(35)36)24-13-21(9-10-23(24)31(16)26(34)20-7-8-20)18-3-5-19(6-4-18)25(33)29-12-11-22(15-29)28-17(2)32/h3-6,9-10,13,16,20,22H,7-8,11-12,14-15H2,1-2H3,(H,28,32)(H,35,36)/t16-,22-/m0/s1. The Kier molecular flexibility index (Phi) is 6.15. The molecule has 9 heteroatoms. The number of fused-ring (bicyclic) bond motifs is 1. The van der Waals surface area contributed by atoms with Gasteiger partial charge in [0.2, 0.25) is 11.8 Å². The maximum absolute atomic E-state index is 13.0. The van der Waals surface area contributed by atoms with Crippen LogP contribution in [0.3, 0.4) is 0 Å². The van der Waals surface area contributed by atoms with Crippen LogP contribution in [0.2, 0.25) is 0 Å². The van der Waals surface area contributed by atoms with Crippen LogP contribution >= 0.6 is 0 Å². The zero-order chi connectivity index (χ0) is 25.6. The fourth-order valence-electron chi connectivity index (χ4n) is 5.19. The highest BCUT2D eigenvalue weighted by molar-refractivity contribution is 6.05. The van der Waals surface area contributed by atoms with Crippen molar-refractivity contribution in [2.45, 2.75) is 45.2 Å². The summed E-state index contributed by atoms with van der Waals surface area (Å²) < 4.78 is 0. The van der Waals surface area contributed by atoms with Crippen molar-refractivity contribution in [2.24, 2.45) is 5.92 Å². The first-order valence-corrected chi connectivity index (χ1v) is 12.4.